The SMILES string of the molecule is CC(C)Cn1cc(CCCCl)cn1. The first-order valence-electron chi connectivity index (χ1n) is 4.79. The maximum absolute atomic E-state index is 5.62. The predicted molar refractivity (Wildman–Crippen MR) is 56.1 cm³/mol. The number of nitrogens with zero attached hydrogens (tertiary/aromatic N) is 2. The van der Waals surface area contributed by atoms with Crippen molar-refractivity contribution in [3.05, 3.63) is 18.0 Å². The molecule has 13 heavy (non-hydrogen) atoms. The summed E-state index contributed by atoms with van der Waals surface area (Å²) in [6, 6.07) is 0. The highest BCUT2D eigenvalue weighted by Crippen LogP contribution is 2.04. The van der Waals surface area contributed by atoms with E-state index in [-0.39, 0.29) is 0 Å². The molecule has 74 valence electrons. The average Bonchev–Trinajstić information content (AvgIpc) is 2.48. The largest absolute Gasteiger partial charge is 0.272 e. The maximum Gasteiger partial charge on any atom is 0.0521 e. The van der Waals surface area contributed by atoms with E-state index in [1.165, 1.54) is 5.56 Å². The normalized spacial score (nSPS) is 11.1. The number of rotatable bonds is 5. The van der Waals surface area contributed by atoms with Crippen LogP contribution < -0.4 is 0 Å². The van der Waals surface area contributed by atoms with Crippen molar-refractivity contribution < 1.29 is 0 Å². The summed E-state index contributed by atoms with van der Waals surface area (Å²) >= 11 is 5.62. The van der Waals surface area contributed by atoms with Crippen LogP contribution in [-0.2, 0) is 13.0 Å². The lowest BCUT2D eigenvalue weighted by atomic mass is 10.2. The minimum absolute atomic E-state index is 0.653. The molecule has 0 spiro atoms. The molecule has 0 radical (unpaired) electrons. The Morgan fingerprint density at radius 3 is 2.92 bits per heavy atom. The van der Waals surface area contributed by atoms with E-state index in [9.17, 15) is 0 Å². The molecule has 1 aromatic heterocycles. The van der Waals surface area contributed by atoms with Gasteiger partial charge in [0, 0.05) is 18.6 Å². The molecular formula is C10H17ClN2. The summed E-state index contributed by atoms with van der Waals surface area (Å²) in [6.07, 6.45) is 6.14. The van der Waals surface area contributed by atoms with Gasteiger partial charge >= 0.3 is 0 Å². The van der Waals surface area contributed by atoms with E-state index < -0.39 is 0 Å². The first-order valence-corrected chi connectivity index (χ1v) is 5.33. The molecule has 0 fully saturated rings. The standard InChI is InChI=1S/C10H17ClN2/c1-9(2)7-13-8-10(6-12-13)4-3-5-11/h6,8-9H,3-5,7H2,1-2H3. The minimum atomic E-state index is 0.653. The number of hydrogen-bond donors (Lipinski definition) is 0. The number of hydrogen-bond acceptors (Lipinski definition) is 1. The second-order valence-electron chi connectivity index (χ2n) is 3.76. The summed E-state index contributed by atoms with van der Waals surface area (Å²) < 4.78 is 2.01. The van der Waals surface area contributed by atoms with Crippen molar-refractivity contribution in [3.63, 3.8) is 0 Å². The maximum atomic E-state index is 5.62. The molecule has 0 aromatic carbocycles. The Labute approximate surface area is 84.9 Å². The van der Waals surface area contributed by atoms with Crippen LogP contribution in [0.4, 0.5) is 0 Å². The lowest BCUT2D eigenvalue weighted by Crippen LogP contribution is -2.04. The Kier molecular flexibility index (Phi) is 4.29. The van der Waals surface area contributed by atoms with Crippen LogP contribution in [0.1, 0.15) is 25.8 Å². The van der Waals surface area contributed by atoms with Crippen LogP contribution in [0.2, 0.25) is 0 Å². The van der Waals surface area contributed by atoms with Gasteiger partial charge < -0.3 is 0 Å². The Bertz CT molecular complexity index is 243. The topological polar surface area (TPSA) is 17.8 Å². The third kappa shape index (κ3) is 3.81. The van der Waals surface area contributed by atoms with E-state index in [0.717, 1.165) is 25.3 Å². The van der Waals surface area contributed by atoms with Gasteiger partial charge in [-0.3, -0.25) is 4.68 Å². The summed E-state index contributed by atoms with van der Waals surface area (Å²) in [4.78, 5) is 0. The molecule has 0 N–H and O–H groups in total. The van der Waals surface area contributed by atoms with Crippen LogP contribution in [-0.4, -0.2) is 15.7 Å². The highest BCUT2D eigenvalue weighted by Gasteiger charge is 2.00. The molecule has 0 unspecified atom stereocenters. The van der Waals surface area contributed by atoms with Crippen molar-refractivity contribution in [3.8, 4) is 0 Å². The van der Waals surface area contributed by atoms with Crippen LogP contribution in [0.25, 0.3) is 0 Å². The fraction of sp³-hybridized carbons (Fsp3) is 0.700. The van der Waals surface area contributed by atoms with Gasteiger partial charge in [0.05, 0.1) is 6.20 Å². The second kappa shape index (κ2) is 5.28. The van der Waals surface area contributed by atoms with E-state index in [0.29, 0.717) is 5.92 Å². The van der Waals surface area contributed by atoms with Gasteiger partial charge in [0.2, 0.25) is 0 Å². The Morgan fingerprint density at radius 1 is 1.54 bits per heavy atom. The van der Waals surface area contributed by atoms with Gasteiger partial charge in [-0.15, -0.1) is 11.6 Å². The number of alkyl halides is 1. The van der Waals surface area contributed by atoms with Gasteiger partial charge in [0.1, 0.15) is 0 Å². The predicted octanol–water partition coefficient (Wildman–Crippen LogP) is 2.71. The Hall–Kier alpha value is -0.500. The average molecular weight is 201 g/mol. The van der Waals surface area contributed by atoms with Gasteiger partial charge in [0.25, 0.3) is 0 Å². The van der Waals surface area contributed by atoms with E-state index in [1.54, 1.807) is 0 Å². The molecule has 0 aliphatic rings. The second-order valence-corrected chi connectivity index (χ2v) is 4.13. The molecule has 0 atom stereocenters. The summed E-state index contributed by atoms with van der Waals surface area (Å²) in [6.45, 7) is 5.39. The van der Waals surface area contributed by atoms with Crippen molar-refractivity contribution in [2.24, 2.45) is 5.92 Å². The third-order valence-corrected chi connectivity index (χ3v) is 2.11. The quantitative estimate of drug-likeness (QED) is 0.669. The van der Waals surface area contributed by atoms with E-state index in [1.807, 2.05) is 10.9 Å². The molecular weight excluding hydrogens is 184 g/mol. The summed E-state index contributed by atoms with van der Waals surface area (Å²) in [5.41, 5.74) is 1.29. The van der Waals surface area contributed by atoms with Crippen molar-refractivity contribution in [1.29, 1.82) is 0 Å². The number of aromatic nitrogens is 2. The molecule has 2 nitrogen and oxygen atoms in total. The minimum Gasteiger partial charge on any atom is -0.272 e. The molecule has 1 rings (SSSR count). The fourth-order valence-electron chi connectivity index (χ4n) is 1.28. The molecule has 0 aliphatic heterocycles. The van der Waals surface area contributed by atoms with Crippen LogP contribution in [0.5, 0.6) is 0 Å². The summed E-state index contributed by atoms with van der Waals surface area (Å²) in [5.74, 6) is 1.39. The van der Waals surface area contributed by atoms with Crippen molar-refractivity contribution in [1.82, 2.24) is 9.78 Å². The van der Waals surface area contributed by atoms with Crippen LogP contribution in [0.15, 0.2) is 12.4 Å². The first-order chi connectivity index (χ1) is 6.22. The monoisotopic (exact) mass is 200 g/mol. The van der Waals surface area contributed by atoms with Crippen molar-refractivity contribution in [2.45, 2.75) is 33.2 Å². The molecule has 3 heteroatoms. The van der Waals surface area contributed by atoms with Crippen LogP contribution in [0.3, 0.4) is 0 Å². The van der Waals surface area contributed by atoms with Gasteiger partial charge in [-0.05, 0) is 24.3 Å². The molecule has 0 amide bonds. The van der Waals surface area contributed by atoms with Gasteiger partial charge in [0.15, 0.2) is 0 Å². The summed E-state index contributed by atoms with van der Waals surface area (Å²) in [5, 5.41) is 4.28. The summed E-state index contributed by atoms with van der Waals surface area (Å²) in [7, 11) is 0. The van der Waals surface area contributed by atoms with Crippen molar-refractivity contribution in [2.75, 3.05) is 5.88 Å². The molecule has 1 aromatic rings. The van der Waals surface area contributed by atoms with E-state index >= 15 is 0 Å². The van der Waals surface area contributed by atoms with Crippen LogP contribution >= 0.6 is 11.6 Å². The first kappa shape index (κ1) is 10.6. The van der Waals surface area contributed by atoms with Crippen molar-refractivity contribution >= 4 is 11.6 Å². The zero-order valence-electron chi connectivity index (χ0n) is 8.33. The van der Waals surface area contributed by atoms with E-state index in [2.05, 4.69) is 25.1 Å². The highest BCUT2D eigenvalue weighted by molar-refractivity contribution is 6.17. The number of aryl methyl sites for hydroxylation is 1. The number of halogens is 1. The third-order valence-electron chi connectivity index (χ3n) is 1.84. The Morgan fingerprint density at radius 2 is 2.31 bits per heavy atom. The molecule has 0 saturated carbocycles. The van der Waals surface area contributed by atoms with Gasteiger partial charge in [-0.1, -0.05) is 13.8 Å². The van der Waals surface area contributed by atoms with E-state index in [4.69, 9.17) is 11.6 Å². The molecule has 0 bridgehead atoms. The zero-order chi connectivity index (χ0) is 9.68. The lowest BCUT2D eigenvalue weighted by molar-refractivity contribution is 0.483. The molecule has 1 heterocycles. The van der Waals surface area contributed by atoms with Crippen LogP contribution in [0, 0.1) is 5.92 Å². The highest BCUT2D eigenvalue weighted by atomic mass is 35.5. The molecule has 0 saturated heterocycles. The van der Waals surface area contributed by atoms with Gasteiger partial charge in [-0.25, -0.2) is 0 Å². The fourth-order valence-corrected chi connectivity index (χ4v) is 1.41. The lowest BCUT2D eigenvalue weighted by Gasteiger charge is -2.03. The molecule has 0 aliphatic carbocycles. The smallest absolute Gasteiger partial charge is 0.0521 e. The zero-order valence-corrected chi connectivity index (χ0v) is 9.09. The Balaban J connectivity index is 2.44. The van der Waals surface area contributed by atoms with Gasteiger partial charge in [-0.2, -0.15) is 5.10 Å².